The Labute approximate surface area is 108 Å². The predicted octanol–water partition coefficient (Wildman–Crippen LogP) is 1.86. The van der Waals surface area contributed by atoms with Gasteiger partial charge in [-0.05, 0) is 36.4 Å². The maximum Gasteiger partial charge on any atom is 0.312 e. The lowest BCUT2D eigenvalue weighted by atomic mass is 10.2. The molecule has 0 aliphatic carbocycles. The van der Waals surface area contributed by atoms with Crippen LogP contribution in [-0.4, -0.2) is 15.1 Å². The second-order valence-electron chi connectivity index (χ2n) is 3.60. The van der Waals surface area contributed by atoms with Crippen LogP contribution >= 0.6 is 0 Å². The van der Waals surface area contributed by atoms with E-state index >= 15 is 0 Å². The monoisotopic (exact) mass is 263 g/mol. The summed E-state index contributed by atoms with van der Waals surface area (Å²) >= 11 is 0. The largest absolute Gasteiger partial charge is 0.508 e. The van der Waals surface area contributed by atoms with Crippen molar-refractivity contribution in [3.05, 3.63) is 52.6 Å². The maximum atomic E-state index is 10.2. The molecule has 0 fully saturated rings. The minimum atomic E-state index is -0.689. The minimum Gasteiger partial charge on any atom is -0.508 e. The average molecular weight is 263 g/mol. The van der Waals surface area contributed by atoms with E-state index in [9.17, 15) is 10.1 Å². The summed E-state index contributed by atoms with van der Waals surface area (Å²) in [6.45, 7) is 0. The van der Waals surface area contributed by atoms with E-state index in [1.807, 2.05) is 0 Å². The number of nitrogens with two attached hydrogens (primary N) is 2. The van der Waals surface area contributed by atoms with Gasteiger partial charge in [-0.3, -0.25) is 10.1 Å². The van der Waals surface area contributed by atoms with Crippen LogP contribution in [-0.2, 0) is 0 Å². The molecule has 0 heterocycles. The van der Waals surface area contributed by atoms with E-state index in [2.05, 4.69) is 0 Å². The Morgan fingerprint density at radius 2 is 1.47 bits per heavy atom. The van der Waals surface area contributed by atoms with Gasteiger partial charge in [-0.2, -0.15) is 0 Å². The van der Waals surface area contributed by atoms with Crippen molar-refractivity contribution < 1.29 is 15.1 Å². The molecule has 0 radical (unpaired) electrons. The highest BCUT2D eigenvalue weighted by atomic mass is 16.6. The van der Waals surface area contributed by atoms with Crippen LogP contribution in [0.5, 0.6) is 11.5 Å². The molecule has 0 atom stereocenters. The Morgan fingerprint density at radius 3 is 1.89 bits per heavy atom. The highest BCUT2D eigenvalue weighted by Crippen LogP contribution is 2.26. The Hall–Kier alpha value is -2.96. The summed E-state index contributed by atoms with van der Waals surface area (Å²) < 4.78 is 0. The summed E-state index contributed by atoms with van der Waals surface area (Å²) in [5, 5.41) is 27.8. The second-order valence-corrected chi connectivity index (χ2v) is 3.60. The summed E-state index contributed by atoms with van der Waals surface area (Å²) in [5.41, 5.74) is 11.1. The summed E-state index contributed by atoms with van der Waals surface area (Å²) in [6, 6.07) is 10.1. The van der Waals surface area contributed by atoms with Crippen molar-refractivity contribution >= 4 is 17.1 Å². The Balaban J connectivity index is 0.000000200. The number of nitro benzene ring substituents is 1. The molecule has 7 nitrogen and oxygen atoms in total. The third-order valence-corrected chi connectivity index (χ3v) is 2.09. The first-order chi connectivity index (χ1) is 8.90. The van der Waals surface area contributed by atoms with Gasteiger partial charge in [-0.15, -0.1) is 0 Å². The highest BCUT2D eigenvalue weighted by molar-refractivity contribution is 5.55. The van der Waals surface area contributed by atoms with Crippen molar-refractivity contribution in [2.24, 2.45) is 0 Å². The van der Waals surface area contributed by atoms with Crippen molar-refractivity contribution in [3.63, 3.8) is 0 Å². The number of nitrogen functional groups attached to an aromatic ring is 2. The number of hydrogen-bond acceptors (Lipinski definition) is 6. The molecule has 0 aliphatic heterocycles. The van der Waals surface area contributed by atoms with Gasteiger partial charge >= 0.3 is 5.69 Å². The molecule has 0 amide bonds. The number of anilines is 2. The number of benzene rings is 2. The van der Waals surface area contributed by atoms with Crippen molar-refractivity contribution in [2.75, 3.05) is 11.5 Å². The summed E-state index contributed by atoms with van der Waals surface area (Å²) in [7, 11) is 0. The van der Waals surface area contributed by atoms with Gasteiger partial charge in [-0.1, -0.05) is 0 Å². The number of phenolic OH excluding ortho intramolecular Hbond substituents is 2. The fraction of sp³-hybridized carbons (Fsp3) is 0. The fourth-order valence-corrected chi connectivity index (χ4v) is 1.16. The summed E-state index contributed by atoms with van der Waals surface area (Å²) in [6.07, 6.45) is 0. The second kappa shape index (κ2) is 6.10. The van der Waals surface area contributed by atoms with Crippen LogP contribution in [0.3, 0.4) is 0 Å². The number of rotatable bonds is 1. The maximum absolute atomic E-state index is 10.2. The van der Waals surface area contributed by atoms with E-state index in [4.69, 9.17) is 21.7 Å². The van der Waals surface area contributed by atoms with Crippen LogP contribution < -0.4 is 11.5 Å². The van der Waals surface area contributed by atoms with Gasteiger partial charge in [-0.25, -0.2) is 0 Å². The lowest BCUT2D eigenvalue weighted by molar-refractivity contribution is -0.385. The molecule has 0 bridgehead atoms. The molecular formula is C12H13N3O4. The van der Waals surface area contributed by atoms with E-state index in [0.29, 0.717) is 5.69 Å². The molecule has 2 aromatic carbocycles. The smallest absolute Gasteiger partial charge is 0.312 e. The number of nitro groups is 1. The first-order valence-corrected chi connectivity index (χ1v) is 5.17. The van der Waals surface area contributed by atoms with Gasteiger partial charge < -0.3 is 21.7 Å². The molecule has 0 saturated carbocycles. The Kier molecular flexibility index (Phi) is 4.53. The molecule has 19 heavy (non-hydrogen) atoms. The molecule has 2 aromatic rings. The molecule has 7 heteroatoms. The van der Waals surface area contributed by atoms with E-state index in [-0.39, 0.29) is 22.9 Å². The van der Waals surface area contributed by atoms with Crippen LogP contribution in [0.15, 0.2) is 42.5 Å². The van der Waals surface area contributed by atoms with Crippen molar-refractivity contribution in [1.82, 2.24) is 0 Å². The molecule has 0 saturated heterocycles. The Bertz CT molecular complexity index is 549. The number of aromatic hydroxyl groups is 2. The van der Waals surface area contributed by atoms with Crippen molar-refractivity contribution in [3.8, 4) is 11.5 Å². The van der Waals surface area contributed by atoms with Crippen LogP contribution in [0.1, 0.15) is 0 Å². The van der Waals surface area contributed by atoms with E-state index in [0.717, 1.165) is 6.07 Å². The predicted molar refractivity (Wildman–Crippen MR) is 71.7 cm³/mol. The first-order valence-electron chi connectivity index (χ1n) is 5.17. The zero-order valence-corrected chi connectivity index (χ0v) is 9.85. The molecule has 0 aromatic heterocycles. The third-order valence-electron chi connectivity index (χ3n) is 2.09. The number of phenols is 2. The molecule has 0 unspecified atom stereocenters. The fourth-order valence-electron chi connectivity index (χ4n) is 1.16. The third kappa shape index (κ3) is 4.43. The number of nitrogens with zero attached hydrogens (tertiary/aromatic N) is 1. The van der Waals surface area contributed by atoms with E-state index in [1.54, 1.807) is 24.3 Å². The van der Waals surface area contributed by atoms with Gasteiger partial charge in [0.15, 0.2) is 5.75 Å². The Morgan fingerprint density at radius 1 is 0.947 bits per heavy atom. The zero-order chi connectivity index (χ0) is 14.4. The lowest BCUT2D eigenvalue weighted by Gasteiger charge is -1.95. The quantitative estimate of drug-likeness (QED) is 0.268. The topological polar surface area (TPSA) is 136 Å². The normalized spacial score (nSPS) is 9.26. The van der Waals surface area contributed by atoms with Gasteiger partial charge in [0.25, 0.3) is 0 Å². The van der Waals surface area contributed by atoms with Gasteiger partial charge in [0.2, 0.25) is 0 Å². The van der Waals surface area contributed by atoms with Crippen molar-refractivity contribution in [1.29, 1.82) is 0 Å². The van der Waals surface area contributed by atoms with Gasteiger partial charge in [0.1, 0.15) is 5.75 Å². The van der Waals surface area contributed by atoms with Crippen LogP contribution in [0, 0.1) is 10.1 Å². The van der Waals surface area contributed by atoms with Crippen LogP contribution in [0.25, 0.3) is 0 Å². The number of hydrogen-bond donors (Lipinski definition) is 4. The average Bonchev–Trinajstić information content (AvgIpc) is 2.36. The summed E-state index contributed by atoms with van der Waals surface area (Å²) in [5.74, 6) is -0.122. The van der Waals surface area contributed by atoms with Gasteiger partial charge in [0, 0.05) is 17.4 Å². The standard InChI is InChI=1S/C6H6N2O3.C6H7NO/c7-4-1-2-6(9)5(3-4)8(10)11;7-5-1-3-6(8)4-2-5/h1-3,9H,7H2;1-4,8H,7H2. The lowest BCUT2D eigenvalue weighted by Crippen LogP contribution is -1.91. The van der Waals surface area contributed by atoms with Gasteiger partial charge in [0.05, 0.1) is 4.92 Å². The first kappa shape index (κ1) is 14.1. The molecule has 6 N–H and O–H groups in total. The van der Waals surface area contributed by atoms with Crippen LogP contribution in [0.2, 0.25) is 0 Å². The van der Waals surface area contributed by atoms with E-state index < -0.39 is 4.92 Å². The highest BCUT2D eigenvalue weighted by Gasteiger charge is 2.11. The SMILES string of the molecule is Nc1ccc(O)c([N+](=O)[O-])c1.Nc1ccc(O)cc1. The summed E-state index contributed by atoms with van der Waals surface area (Å²) in [4.78, 5) is 9.48. The molecule has 100 valence electrons. The molecular weight excluding hydrogens is 250 g/mol. The molecule has 2 rings (SSSR count). The van der Waals surface area contributed by atoms with Crippen molar-refractivity contribution in [2.45, 2.75) is 0 Å². The molecule has 0 spiro atoms. The zero-order valence-electron chi connectivity index (χ0n) is 9.85. The molecule has 0 aliphatic rings. The minimum absolute atomic E-state index is 0.249. The van der Waals surface area contributed by atoms with E-state index in [1.165, 1.54) is 12.1 Å². The van der Waals surface area contributed by atoms with Crippen LogP contribution in [0.4, 0.5) is 17.1 Å².